The molecule has 0 aromatic carbocycles. The summed E-state index contributed by atoms with van der Waals surface area (Å²) in [4.78, 5) is 25.0. The lowest BCUT2D eigenvalue weighted by molar-refractivity contribution is 0.0371. The minimum Gasteiger partial charge on any atom is -0.458 e. The monoisotopic (exact) mass is 477 g/mol. The van der Waals surface area contributed by atoms with Crippen molar-refractivity contribution in [2.75, 3.05) is 5.32 Å². The van der Waals surface area contributed by atoms with Crippen LogP contribution in [0.5, 0.6) is 0 Å². The van der Waals surface area contributed by atoms with Gasteiger partial charge in [-0.25, -0.2) is 9.48 Å². The number of nitrogens with zero attached hydrogens (tertiary/aromatic N) is 6. The fourth-order valence-corrected chi connectivity index (χ4v) is 3.08. The molecule has 0 aliphatic rings. The minimum atomic E-state index is -0.590. The van der Waals surface area contributed by atoms with Gasteiger partial charge >= 0.3 is 5.97 Å². The van der Waals surface area contributed by atoms with Crippen LogP contribution in [-0.2, 0) is 18.0 Å². The molecule has 3 heterocycles. The van der Waals surface area contributed by atoms with Gasteiger partial charge in [-0.15, -0.1) is 0 Å². The second kappa shape index (κ2) is 8.82. The van der Waals surface area contributed by atoms with Crippen LogP contribution >= 0.6 is 15.9 Å². The summed E-state index contributed by atoms with van der Waals surface area (Å²) in [7, 11) is 0. The van der Waals surface area contributed by atoms with E-state index in [2.05, 4.69) is 36.5 Å². The fraction of sp³-hybridized carbons (Fsp3) is 0.421. The summed E-state index contributed by atoms with van der Waals surface area (Å²) < 4.78 is 11.1. The molecule has 0 unspecified atom stereocenters. The lowest BCUT2D eigenvalue weighted by Crippen LogP contribution is -2.18. The van der Waals surface area contributed by atoms with Gasteiger partial charge in [0, 0.05) is 18.9 Å². The summed E-state index contributed by atoms with van der Waals surface area (Å²) in [5.41, 5.74) is 2.40. The number of hydrogen-bond acceptors (Lipinski definition) is 6. The number of amides is 1. The van der Waals surface area contributed by atoms with Crippen LogP contribution in [-0.4, -0.2) is 47.3 Å². The van der Waals surface area contributed by atoms with Gasteiger partial charge in [0.05, 0.1) is 27.7 Å². The number of aryl methyl sites for hydroxylation is 2. The first-order valence-electron chi connectivity index (χ1n) is 9.52. The van der Waals surface area contributed by atoms with Gasteiger partial charge in [0.1, 0.15) is 6.67 Å². The van der Waals surface area contributed by atoms with E-state index >= 15 is 0 Å². The van der Waals surface area contributed by atoms with Crippen LogP contribution in [0.1, 0.15) is 53.1 Å². The van der Waals surface area contributed by atoms with E-state index in [0.29, 0.717) is 13.2 Å². The molecule has 1 amide bonds. The van der Waals surface area contributed by atoms with Gasteiger partial charge in [0.2, 0.25) is 0 Å². The van der Waals surface area contributed by atoms with Crippen molar-refractivity contribution < 1.29 is 14.3 Å². The quantitative estimate of drug-likeness (QED) is 0.523. The predicted octanol–water partition coefficient (Wildman–Crippen LogP) is 3.00. The van der Waals surface area contributed by atoms with E-state index in [1.54, 1.807) is 46.4 Å². The zero-order valence-corrected chi connectivity index (χ0v) is 19.1. The van der Waals surface area contributed by atoms with E-state index in [1.807, 2.05) is 20.8 Å². The average Bonchev–Trinajstić information content (AvgIpc) is 3.37. The first-order chi connectivity index (χ1) is 14.2. The molecule has 0 fully saturated rings. The Hall–Kier alpha value is -2.95. The molecule has 0 saturated carbocycles. The maximum absolute atomic E-state index is 12.7. The van der Waals surface area contributed by atoms with Crippen molar-refractivity contribution in [1.82, 2.24) is 29.3 Å². The predicted molar refractivity (Wildman–Crippen MR) is 113 cm³/mol. The van der Waals surface area contributed by atoms with Crippen LogP contribution in [0.25, 0.3) is 0 Å². The van der Waals surface area contributed by atoms with Crippen LogP contribution in [0.15, 0.2) is 22.9 Å². The zero-order valence-electron chi connectivity index (χ0n) is 17.5. The Kier molecular flexibility index (Phi) is 6.40. The second-order valence-electron chi connectivity index (χ2n) is 7.02. The largest absolute Gasteiger partial charge is 0.458 e. The van der Waals surface area contributed by atoms with Gasteiger partial charge in [-0.2, -0.15) is 15.3 Å². The van der Waals surface area contributed by atoms with Gasteiger partial charge in [-0.05, 0) is 56.6 Å². The van der Waals surface area contributed by atoms with E-state index in [9.17, 15) is 9.59 Å². The van der Waals surface area contributed by atoms with Gasteiger partial charge in [0.15, 0.2) is 11.4 Å². The summed E-state index contributed by atoms with van der Waals surface area (Å²) in [5, 5.41) is 15.7. The van der Waals surface area contributed by atoms with Gasteiger partial charge < -0.3 is 10.1 Å². The number of aromatic nitrogens is 6. The molecule has 30 heavy (non-hydrogen) atoms. The first-order valence-corrected chi connectivity index (χ1v) is 10.3. The van der Waals surface area contributed by atoms with E-state index in [4.69, 9.17) is 4.74 Å². The number of carbonyl (C=O) groups is 2. The van der Waals surface area contributed by atoms with E-state index in [0.717, 1.165) is 15.9 Å². The molecule has 1 N–H and O–H groups in total. The van der Waals surface area contributed by atoms with Crippen LogP contribution in [0.2, 0.25) is 0 Å². The fourth-order valence-electron chi connectivity index (χ4n) is 2.79. The molecule has 0 atom stereocenters. The Morgan fingerprint density at radius 1 is 1.20 bits per heavy atom. The highest BCUT2D eigenvalue weighted by atomic mass is 79.9. The molecule has 0 aliphatic heterocycles. The zero-order chi connectivity index (χ0) is 22.0. The second-order valence-corrected chi connectivity index (χ2v) is 7.81. The van der Waals surface area contributed by atoms with E-state index in [-0.39, 0.29) is 23.2 Å². The molecule has 0 aliphatic carbocycles. The molecule has 3 rings (SSSR count). The van der Waals surface area contributed by atoms with Crippen molar-refractivity contribution in [1.29, 1.82) is 0 Å². The van der Waals surface area contributed by atoms with E-state index < -0.39 is 11.9 Å². The van der Waals surface area contributed by atoms with Crippen LogP contribution < -0.4 is 5.32 Å². The molecule has 11 heteroatoms. The molecular formula is C19H24BrN7O3. The van der Waals surface area contributed by atoms with Crippen molar-refractivity contribution in [2.45, 2.75) is 53.9 Å². The topological polar surface area (TPSA) is 109 Å². The Bertz CT molecular complexity index is 1080. The lowest BCUT2D eigenvalue weighted by Gasteiger charge is -2.07. The third kappa shape index (κ3) is 4.61. The maximum Gasteiger partial charge on any atom is 0.361 e. The Balaban J connectivity index is 1.76. The number of nitrogens with one attached hydrogen (secondary N) is 1. The summed E-state index contributed by atoms with van der Waals surface area (Å²) in [6, 6.07) is 1.60. The van der Waals surface area contributed by atoms with Gasteiger partial charge in [-0.1, -0.05) is 0 Å². The number of hydrogen-bond donors (Lipinski definition) is 1. The summed E-state index contributed by atoms with van der Waals surface area (Å²) in [5.74, 6) is -1.04. The highest BCUT2D eigenvalue weighted by Gasteiger charge is 2.22. The van der Waals surface area contributed by atoms with E-state index in [1.165, 1.54) is 0 Å². The number of halogens is 1. The molecule has 0 spiro atoms. The van der Waals surface area contributed by atoms with Crippen molar-refractivity contribution in [3.05, 3.63) is 45.7 Å². The van der Waals surface area contributed by atoms with Crippen LogP contribution in [0, 0.1) is 13.8 Å². The molecule has 160 valence electrons. The molecule has 10 nitrogen and oxygen atoms in total. The molecule has 0 bridgehead atoms. The van der Waals surface area contributed by atoms with Crippen LogP contribution in [0.4, 0.5) is 5.69 Å². The number of ether oxygens (including phenoxy) is 1. The molecule has 3 aromatic heterocycles. The SMILES string of the molecule is CCn1cc(NC(=O)c2ccn(Cn3nc(C)c(Br)c3C)n2)c(C(=O)OC(C)C)n1. The molecule has 0 saturated heterocycles. The van der Waals surface area contributed by atoms with Crippen molar-refractivity contribution in [3.63, 3.8) is 0 Å². The normalized spacial score (nSPS) is 11.2. The van der Waals surface area contributed by atoms with Crippen molar-refractivity contribution in [3.8, 4) is 0 Å². The van der Waals surface area contributed by atoms with Crippen molar-refractivity contribution in [2.24, 2.45) is 0 Å². The minimum absolute atomic E-state index is 0.0609. The number of anilines is 1. The highest BCUT2D eigenvalue weighted by Crippen LogP contribution is 2.20. The van der Waals surface area contributed by atoms with Gasteiger partial charge in [-0.3, -0.25) is 14.2 Å². The Morgan fingerprint density at radius 2 is 1.93 bits per heavy atom. The third-order valence-electron chi connectivity index (χ3n) is 4.32. The summed E-state index contributed by atoms with van der Waals surface area (Å²) in [6.07, 6.45) is 3.00. The van der Waals surface area contributed by atoms with Crippen molar-refractivity contribution >= 4 is 33.5 Å². The summed E-state index contributed by atoms with van der Waals surface area (Å²) >= 11 is 3.50. The summed E-state index contributed by atoms with van der Waals surface area (Å²) in [6.45, 7) is 10.2. The molecule has 3 aromatic rings. The Labute approximate surface area is 182 Å². The Morgan fingerprint density at radius 3 is 2.53 bits per heavy atom. The standard InChI is InChI=1S/C19H24BrN7O3/c1-6-25-9-15(17(24-25)19(29)30-11(2)3)21-18(28)14-7-8-26(23-14)10-27-13(5)16(20)12(4)22-27/h7-9,11H,6,10H2,1-5H3,(H,21,28). The molecule has 0 radical (unpaired) electrons. The third-order valence-corrected chi connectivity index (χ3v) is 5.46. The van der Waals surface area contributed by atoms with Gasteiger partial charge in [0.25, 0.3) is 5.91 Å². The number of rotatable bonds is 7. The molecular weight excluding hydrogens is 454 g/mol. The highest BCUT2D eigenvalue weighted by molar-refractivity contribution is 9.10. The smallest absolute Gasteiger partial charge is 0.361 e. The average molecular weight is 478 g/mol. The first kappa shape index (κ1) is 21.8. The maximum atomic E-state index is 12.7. The number of carbonyl (C=O) groups excluding carboxylic acids is 2. The van der Waals surface area contributed by atoms with Crippen LogP contribution in [0.3, 0.4) is 0 Å². The lowest BCUT2D eigenvalue weighted by atomic mass is 10.3. The number of esters is 1.